The Bertz CT molecular complexity index is 1440. The van der Waals surface area contributed by atoms with Gasteiger partial charge in [0, 0.05) is 40.0 Å². The summed E-state index contributed by atoms with van der Waals surface area (Å²) >= 11 is 1.51. The minimum Gasteiger partial charge on any atom is -0.496 e. The first-order chi connectivity index (χ1) is 16.8. The van der Waals surface area contributed by atoms with E-state index >= 15 is 0 Å². The summed E-state index contributed by atoms with van der Waals surface area (Å²) in [6.45, 7) is 0.944. The Labute approximate surface area is 201 Å². The van der Waals surface area contributed by atoms with Gasteiger partial charge in [0.05, 0.1) is 13.2 Å². The first-order valence-electron chi connectivity index (χ1n) is 11.3. The molecular weight excluding hydrogens is 444 g/mol. The highest BCUT2D eigenvalue weighted by Crippen LogP contribution is 2.36. The number of thioether (sulfide) groups is 1. The topological polar surface area (TPSA) is 76.0 Å². The van der Waals surface area contributed by atoms with Crippen molar-refractivity contribution in [3.05, 3.63) is 95.2 Å². The molecule has 0 amide bonds. The van der Waals surface area contributed by atoms with Gasteiger partial charge in [-0.15, -0.1) is 10.2 Å². The van der Waals surface area contributed by atoms with Gasteiger partial charge in [0.25, 0.3) is 5.22 Å². The molecule has 3 heterocycles. The van der Waals surface area contributed by atoms with Crippen molar-refractivity contribution in [1.29, 1.82) is 0 Å². The third kappa shape index (κ3) is 3.87. The van der Waals surface area contributed by atoms with Crippen LogP contribution in [-0.4, -0.2) is 28.8 Å². The number of hydrogen-bond donors (Lipinski definition) is 2. The van der Waals surface area contributed by atoms with E-state index in [9.17, 15) is 0 Å². The fourth-order valence-corrected chi connectivity index (χ4v) is 5.40. The van der Waals surface area contributed by atoms with Crippen LogP contribution in [0.3, 0.4) is 0 Å². The first-order valence-corrected chi connectivity index (χ1v) is 12.3. The highest BCUT2D eigenvalue weighted by atomic mass is 32.2. The Balaban J connectivity index is 1.27. The van der Waals surface area contributed by atoms with E-state index < -0.39 is 0 Å². The predicted octanol–water partition coefficient (Wildman–Crippen LogP) is 5.75. The monoisotopic (exact) mass is 468 g/mol. The van der Waals surface area contributed by atoms with E-state index in [-0.39, 0.29) is 6.04 Å². The smallest absolute Gasteiger partial charge is 0.277 e. The van der Waals surface area contributed by atoms with E-state index in [4.69, 9.17) is 9.15 Å². The number of methoxy groups -OCH3 is 1. The van der Waals surface area contributed by atoms with Crippen LogP contribution in [0.5, 0.6) is 5.75 Å². The number of aromatic amines is 1. The molecule has 0 bridgehead atoms. The minimum atomic E-state index is 0.110. The van der Waals surface area contributed by atoms with Crippen molar-refractivity contribution in [1.82, 2.24) is 20.5 Å². The van der Waals surface area contributed by atoms with Gasteiger partial charge in [0.2, 0.25) is 5.89 Å². The minimum absolute atomic E-state index is 0.110. The lowest BCUT2D eigenvalue weighted by Crippen LogP contribution is -2.30. The average Bonchev–Trinajstić information content (AvgIpc) is 3.53. The van der Waals surface area contributed by atoms with Gasteiger partial charge in [-0.25, -0.2) is 0 Å². The molecule has 7 heteroatoms. The molecule has 6 rings (SSSR count). The van der Waals surface area contributed by atoms with E-state index in [0.29, 0.717) is 16.9 Å². The van der Waals surface area contributed by atoms with Crippen molar-refractivity contribution in [2.45, 2.75) is 23.4 Å². The molecule has 1 unspecified atom stereocenters. The summed E-state index contributed by atoms with van der Waals surface area (Å²) in [6.07, 6.45) is 1.02. The highest BCUT2D eigenvalue weighted by molar-refractivity contribution is 7.98. The second-order valence-corrected chi connectivity index (χ2v) is 9.23. The zero-order valence-electron chi connectivity index (χ0n) is 18.7. The van der Waals surface area contributed by atoms with E-state index in [1.807, 2.05) is 36.4 Å². The molecule has 1 aliphatic rings. The van der Waals surface area contributed by atoms with Crippen molar-refractivity contribution in [3.8, 4) is 17.2 Å². The predicted molar refractivity (Wildman–Crippen MR) is 134 cm³/mol. The van der Waals surface area contributed by atoms with E-state index in [1.54, 1.807) is 7.11 Å². The number of ether oxygens (including phenoxy) is 1. The van der Waals surface area contributed by atoms with Crippen molar-refractivity contribution >= 4 is 22.7 Å². The van der Waals surface area contributed by atoms with Crippen molar-refractivity contribution in [2.75, 3.05) is 13.7 Å². The van der Waals surface area contributed by atoms with Crippen LogP contribution in [0.25, 0.3) is 22.4 Å². The molecule has 5 aromatic rings. The molecule has 2 aromatic heterocycles. The number of H-pyrrole nitrogens is 1. The number of fused-ring (bicyclic) bond motifs is 3. The molecule has 0 radical (unpaired) electrons. The summed E-state index contributed by atoms with van der Waals surface area (Å²) in [5, 5.41) is 14.0. The van der Waals surface area contributed by atoms with Gasteiger partial charge in [-0.2, -0.15) is 0 Å². The van der Waals surface area contributed by atoms with E-state index in [0.717, 1.165) is 29.8 Å². The average molecular weight is 469 g/mol. The molecule has 0 fully saturated rings. The SMILES string of the molecule is COc1ccc(C2NCCc3c2[nH]c2ccccc32)cc1CSc1nnc(-c2ccccc2)o1. The Morgan fingerprint density at radius 1 is 1.03 bits per heavy atom. The van der Waals surface area contributed by atoms with Gasteiger partial charge < -0.3 is 19.5 Å². The number of benzene rings is 3. The number of hydrogen-bond acceptors (Lipinski definition) is 6. The zero-order valence-corrected chi connectivity index (χ0v) is 19.6. The normalized spacial score (nSPS) is 15.4. The summed E-state index contributed by atoms with van der Waals surface area (Å²) in [7, 11) is 1.71. The van der Waals surface area contributed by atoms with Crippen LogP contribution in [0.15, 0.2) is 82.4 Å². The fraction of sp³-hybridized carbons (Fsp3) is 0.185. The number of aromatic nitrogens is 3. The Morgan fingerprint density at radius 2 is 1.88 bits per heavy atom. The summed E-state index contributed by atoms with van der Waals surface area (Å²) in [4.78, 5) is 3.66. The number of rotatable bonds is 6. The highest BCUT2D eigenvalue weighted by Gasteiger charge is 2.25. The van der Waals surface area contributed by atoms with Crippen molar-refractivity contribution < 1.29 is 9.15 Å². The van der Waals surface area contributed by atoms with Gasteiger partial charge in [0.15, 0.2) is 0 Å². The Morgan fingerprint density at radius 3 is 2.76 bits per heavy atom. The van der Waals surface area contributed by atoms with E-state index in [2.05, 4.69) is 56.9 Å². The molecule has 3 aromatic carbocycles. The van der Waals surface area contributed by atoms with Crippen molar-refractivity contribution in [3.63, 3.8) is 0 Å². The third-order valence-electron chi connectivity index (χ3n) is 6.27. The standard InChI is InChI=1S/C27H24N4O2S/c1-32-23-12-11-18(24-25-21(13-14-28-24)20-9-5-6-10-22(20)29-25)15-19(23)16-34-27-31-30-26(33-27)17-7-3-2-4-8-17/h2-12,15,24,28-29H,13-14,16H2,1H3. The second-order valence-electron chi connectivity index (χ2n) is 8.30. The molecule has 2 N–H and O–H groups in total. The summed E-state index contributed by atoms with van der Waals surface area (Å²) in [5.74, 6) is 2.05. The lowest BCUT2D eigenvalue weighted by Gasteiger charge is -2.25. The van der Waals surface area contributed by atoms with E-state index in [1.165, 1.54) is 39.5 Å². The Hall–Kier alpha value is -3.55. The number of para-hydroxylation sites is 1. The number of nitrogens with one attached hydrogen (secondary N) is 2. The summed E-state index contributed by atoms with van der Waals surface area (Å²) in [5.41, 5.74) is 7.06. The lowest BCUT2D eigenvalue weighted by atomic mass is 9.93. The molecule has 1 aliphatic heterocycles. The van der Waals surface area contributed by atoms with Crippen LogP contribution >= 0.6 is 11.8 Å². The van der Waals surface area contributed by atoms with Gasteiger partial charge in [0.1, 0.15) is 5.75 Å². The molecule has 1 atom stereocenters. The fourth-order valence-electron chi connectivity index (χ4n) is 4.66. The van der Waals surface area contributed by atoms with Gasteiger partial charge >= 0.3 is 0 Å². The molecule has 0 aliphatic carbocycles. The van der Waals surface area contributed by atoms with Crippen LogP contribution < -0.4 is 10.1 Å². The largest absolute Gasteiger partial charge is 0.496 e. The molecule has 34 heavy (non-hydrogen) atoms. The third-order valence-corrected chi connectivity index (χ3v) is 7.14. The van der Waals surface area contributed by atoms with Crippen LogP contribution in [-0.2, 0) is 12.2 Å². The molecule has 0 saturated carbocycles. The first kappa shape index (κ1) is 21.0. The van der Waals surface area contributed by atoms with Gasteiger partial charge in [-0.3, -0.25) is 0 Å². The molecule has 6 nitrogen and oxygen atoms in total. The zero-order chi connectivity index (χ0) is 22.9. The van der Waals surface area contributed by atoms with Gasteiger partial charge in [-0.1, -0.05) is 54.2 Å². The molecular formula is C27H24N4O2S. The molecule has 170 valence electrons. The molecule has 0 saturated heterocycles. The maximum absolute atomic E-state index is 5.87. The van der Waals surface area contributed by atoms with Gasteiger partial charge in [-0.05, 0) is 47.9 Å². The number of nitrogens with zero attached hydrogens (tertiary/aromatic N) is 2. The summed E-state index contributed by atoms with van der Waals surface area (Å²) in [6, 6.07) is 24.9. The van der Waals surface area contributed by atoms with Crippen LogP contribution in [0.4, 0.5) is 0 Å². The summed E-state index contributed by atoms with van der Waals surface area (Å²) < 4.78 is 11.5. The maximum atomic E-state index is 5.87. The molecule has 0 spiro atoms. The Kier molecular flexibility index (Phi) is 5.57. The lowest BCUT2D eigenvalue weighted by molar-refractivity contribution is 0.410. The maximum Gasteiger partial charge on any atom is 0.277 e. The van der Waals surface area contributed by atoms with Crippen LogP contribution in [0.2, 0.25) is 0 Å². The second kappa shape index (κ2) is 9.00. The van der Waals surface area contributed by atoms with Crippen LogP contribution in [0.1, 0.15) is 28.4 Å². The van der Waals surface area contributed by atoms with Crippen molar-refractivity contribution in [2.24, 2.45) is 0 Å². The van der Waals surface area contributed by atoms with Crippen LogP contribution in [0, 0.1) is 0 Å². The quantitative estimate of drug-likeness (QED) is 0.309.